The van der Waals surface area contributed by atoms with Crippen molar-refractivity contribution in [2.45, 2.75) is 6.92 Å². The molecular weight excluding hydrogens is 272 g/mol. The summed E-state index contributed by atoms with van der Waals surface area (Å²) in [7, 11) is 0. The molecular formula is C15H13ClN4. The molecule has 0 saturated heterocycles. The van der Waals surface area contributed by atoms with Crippen LogP contribution in [0.2, 0.25) is 5.02 Å². The van der Waals surface area contributed by atoms with E-state index in [4.69, 9.17) is 11.6 Å². The van der Waals surface area contributed by atoms with E-state index in [0.29, 0.717) is 11.0 Å². The van der Waals surface area contributed by atoms with Crippen molar-refractivity contribution in [3.63, 3.8) is 0 Å². The fraction of sp³-hybridized carbons (Fsp3) is 0.0667. The van der Waals surface area contributed by atoms with Crippen molar-refractivity contribution >= 4 is 23.2 Å². The first-order valence-corrected chi connectivity index (χ1v) is 6.60. The first kappa shape index (κ1) is 12.7. The molecule has 5 heteroatoms. The Balaban J connectivity index is 1.80. The van der Waals surface area contributed by atoms with Crippen LogP contribution in [0.4, 0.5) is 11.6 Å². The number of aromatic amines is 1. The third kappa shape index (κ3) is 2.81. The maximum atomic E-state index is 5.85. The molecule has 3 aromatic rings. The second-order valence-electron chi connectivity index (χ2n) is 4.51. The fourth-order valence-corrected chi connectivity index (χ4v) is 1.95. The summed E-state index contributed by atoms with van der Waals surface area (Å²) in [6.07, 6.45) is 0. The number of aryl methyl sites for hydroxylation is 1. The van der Waals surface area contributed by atoms with Gasteiger partial charge in [-0.05, 0) is 31.2 Å². The second kappa shape index (κ2) is 5.35. The van der Waals surface area contributed by atoms with Gasteiger partial charge < -0.3 is 5.32 Å². The van der Waals surface area contributed by atoms with Crippen molar-refractivity contribution in [1.82, 2.24) is 15.2 Å². The zero-order chi connectivity index (χ0) is 13.9. The van der Waals surface area contributed by atoms with E-state index in [-0.39, 0.29) is 0 Å². The highest BCUT2D eigenvalue weighted by Gasteiger charge is 2.05. The first-order chi connectivity index (χ1) is 9.70. The lowest BCUT2D eigenvalue weighted by Gasteiger charge is -2.00. The Hall–Kier alpha value is -2.33. The van der Waals surface area contributed by atoms with Crippen LogP contribution in [0.15, 0.2) is 48.5 Å². The number of halogens is 1. The van der Waals surface area contributed by atoms with Crippen LogP contribution in [-0.4, -0.2) is 15.2 Å². The summed E-state index contributed by atoms with van der Waals surface area (Å²) < 4.78 is 0. The lowest BCUT2D eigenvalue weighted by Crippen LogP contribution is -1.91. The predicted molar refractivity (Wildman–Crippen MR) is 81.3 cm³/mol. The van der Waals surface area contributed by atoms with Gasteiger partial charge in [0.1, 0.15) is 0 Å². The quantitative estimate of drug-likeness (QED) is 0.759. The van der Waals surface area contributed by atoms with Gasteiger partial charge in [-0.15, -0.1) is 5.10 Å². The lowest BCUT2D eigenvalue weighted by atomic mass is 10.1. The SMILES string of the molecule is Cc1ccc(-c2nc(Nc3ccc(Cl)cc3)n[nH]2)cc1. The molecule has 0 aliphatic carbocycles. The monoisotopic (exact) mass is 284 g/mol. The van der Waals surface area contributed by atoms with E-state index < -0.39 is 0 Å². The molecule has 0 radical (unpaired) electrons. The zero-order valence-electron chi connectivity index (χ0n) is 10.9. The van der Waals surface area contributed by atoms with Gasteiger partial charge in [-0.25, -0.2) is 0 Å². The Kier molecular flexibility index (Phi) is 3.39. The summed E-state index contributed by atoms with van der Waals surface area (Å²) in [5.41, 5.74) is 3.11. The van der Waals surface area contributed by atoms with Gasteiger partial charge in [-0.3, -0.25) is 5.10 Å². The topological polar surface area (TPSA) is 53.6 Å². The third-order valence-corrected chi connectivity index (χ3v) is 3.16. The normalized spacial score (nSPS) is 10.5. The molecule has 20 heavy (non-hydrogen) atoms. The molecule has 4 nitrogen and oxygen atoms in total. The lowest BCUT2D eigenvalue weighted by molar-refractivity contribution is 1.10. The van der Waals surface area contributed by atoms with Crippen LogP contribution in [0.5, 0.6) is 0 Å². The molecule has 0 amide bonds. The maximum Gasteiger partial charge on any atom is 0.246 e. The molecule has 0 spiro atoms. The van der Waals surface area contributed by atoms with E-state index in [1.807, 2.05) is 48.5 Å². The number of nitrogens with one attached hydrogen (secondary N) is 2. The van der Waals surface area contributed by atoms with Gasteiger partial charge in [-0.1, -0.05) is 41.4 Å². The number of aromatic nitrogens is 3. The van der Waals surface area contributed by atoms with Gasteiger partial charge in [-0.2, -0.15) is 4.98 Å². The second-order valence-corrected chi connectivity index (χ2v) is 4.94. The van der Waals surface area contributed by atoms with E-state index in [1.54, 1.807) is 0 Å². The fourth-order valence-electron chi connectivity index (χ4n) is 1.82. The molecule has 1 aromatic heterocycles. The average Bonchev–Trinajstić information content (AvgIpc) is 2.91. The summed E-state index contributed by atoms with van der Waals surface area (Å²) in [6, 6.07) is 15.5. The number of hydrogen-bond acceptors (Lipinski definition) is 3. The Morgan fingerprint density at radius 3 is 2.40 bits per heavy atom. The molecule has 100 valence electrons. The van der Waals surface area contributed by atoms with E-state index >= 15 is 0 Å². The number of hydrogen-bond donors (Lipinski definition) is 2. The molecule has 0 fully saturated rings. The molecule has 0 aliphatic heterocycles. The van der Waals surface area contributed by atoms with Gasteiger partial charge in [0.05, 0.1) is 0 Å². The van der Waals surface area contributed by atoms with Crippen molar-refractivity contribution < 1.29 is 0 Å². The van der Waals surface area contributed by atoms with E-state index in [2.05, 4.69) is 27.4 Å². The van der Waals surface area contributed by atoms with Crippen LogP contribution in [0.25, 0.3) is 11.4 Å². The molecule has 2 N–H and O–H groups in total. The number of nitrogens with zero attached hydrogens (tertiary/aromatic N) is 2. The zero-order valence-corrected chi connectivity index (χ0v) is 11.6. The van der Waals surface area contributed by atoms with Crippen molar-refractivity contribution in [2.24, 2.45) is 0 Å². The van der Waals surface area contributed by atoms with Crippen molar-refractivity contribution in [3.8, 4) is 11.4 Å². The molecule has 2 aromatic carbocycles. The Morgan fingerprint density at radius 2 is 1.70 bits per heavy atom. The molecule has 0 bridgehead atoms. The standard InChI is InChI=1S/C15H13ClN4/c1-10-2-4-11(5-3-10)14-18-15(20-19-14)17-13-8-6-12(16)7-9-13/h2-9H,1H3,(H2,17,18,19,20). The summed E-state index contributed by atoms with van der Waals surface area (Å²) >= 11 is 5.85. The summed E-state index contributed by atoms with van der Waals surface area (Å²) in [5.74, 6) is 1.27. The van der Waals surface area contributed by atoms with Gasteiger partial charge >= 0.3 is 0 Å². The van der Waals surface area contributed by atoms with E-state index in [0.717, 1.165) is 17.1 Å². The van der Waals surface area contributed by atoms with Crippen molar-refractivity contribution in [3.05, 3.63) is 59.1 Å². The van der Waals surface area contributed by atoms with Gasteiger partial charge in [0, 0.05) is 16.3 Å². The summed E-state index contributed by atoms with van der Waals surface area (Å²) in [4.78, 5) is 4.42. The summed E-state index contributed by atoms with van der Waals surface area (Å²) in [5, 5.41) is 10.9. The van der Waals surface area contributed by atoms with Crippen LogP contribution in [0.3, 0.4) is 0 Å². The van der Waals surface area contributed by atoms with E-state index in [9.17, 15) is 0 Å². The molecule has 0 atom stereocenters. The predicted octanol–water partition coefficient (Wildman–Crippen LogP) is 4.18. The number of benzene rings is 2. The van der Waals surface area contributed by atoms with Crippen molar-refractivity contribution in [2.75, 3.05) is 5.32 Å². The Bertz CT molecular complexity index is 701. The molecule has 0 saturated carbocycles. The van der Waals surface area contributed by atoms with Crippen LogP contribution < -0.4 is 5.32 Å². The van der Waals surface area contributed by atoms with Gasteiger partial charge in [0.2, 0.25) is 5.95 Å². The smallest absolute Gasteiger partial charge is 0.246 e. The van der Waals surface area contributed by atoms with Gasteiger partial charge in [0.25, 0.3) is 0 Å². The minimum atomic E-state index is 0.530. The molecule has 1 heterocycles. The average molecular weight is 285 g/mol. The number of anilines is 2. The summed E-state index contributed by atoms with van der Waals surface area (Å²) in [6.45, 7) is 2.05. The van der Waals surface area contributed by atoms with Crippen LogP contribution in [0, 0.1) is 6.92 Å². The van der Waals surface area contributed by atoms with Crippen LogP contribution in [0.1, 0.15) is 5.56 Å². The van der Waals surface area contributed by atoms with Crippen LogP contribution >= 0.6 is 11.6 Å². The highest BCUT2D eigenvalue weighted by atomic mass is 35.5. The molecule has 3 rings (SSSR count). The molecule has 0 aliphatic rings. The first-order valence-electron chi connectivity index (χ1n) is 6.23. The Labute approximate surface area is 121 Å². The third-order valence-electron chi connectivity index (χ3n) is 2.91. The highest BCUT2D eigenvalue weighted by molar-refractivity contribution is 6.30. The molecule has 0 unspecified atom stereocenters. The largest absolute Gasteiger partial charge is 0.323 e. The Morgan fingerprint density at radius 1 is 1.00 bits per heavy atom. The van der Waals surface area contributed by atoms with Gasteiger partial charge in [0.15, 0.2) is 5.82 Å². The van der Waals surface area contributed by atoms with Crippen molar-refractivity contribution in [1.29, 1.82) is 0 Å². The minimum Gasteiger partial charge on any atom is -0.323 e. The number of H-pyrrole nitrogens is 1. The number of rotatable bonds is 3. The maximum absolute atomic E-state index is 5.85. The van der Waals surface area contributed by atoms with E-state index in [1.165, 1.54) is 5.56 Å². The van der Waals surface area contributed by atoms with Crippen LogP contribution in [-0.2, 0) is 0 Å². The minimum absolute atomic E-state index is 0.530. The highest BCUT2D eigenvalue weighted by Crippen LogP contribution is 2.20.